The molecule has 13 rings (SSSR count). The smallest absolute Gasteiger partial charge is 0.169 e. The lowest BCUT2D eigenvalue weighted by atomic mass is 9.63. The van der Waals surface area contributed by atoms with Crippen LogP contribution < -0.4 is 0 Å². The molecule has 12 aliphatic rings. The summed E-state index contributed by atoms with van der Waals surface area (Å²) in [6.45, 7) is 0. The number of carbonyl (C=O) groups is 1. The van der Waals surface area contributed by atoms with E-state index in [1.165, 1.54) is 5.92 Å². The standard InChI is InChI=1S/C27H24O/c28-26(6-4-2-1-3-5-6)27-23-17-11-8-7-9-13(11)19(23)21-15(9)16-10(7)14-12(8)18(17)24(27)20(14)22(16)25(21)27/h1-5,7-25H/t7?,8?,9?,10?,11-,12-,13-,14+,15+,16+,17-,18+,19-,20+,21+,22-,23?,24?,25?,27?/m0/s1. The molecule has 0 amide bonds. The molecule has 0 saturated heterocycles. The van der Waals surface area contributed by atoms with Crippen LogP contribution in [0.4, 0.5) is 0 Å². The van der Waals surface area contributed by atoms with E-state index in [1.54, 1.807) is 0 Å². The van der Waals surface area contributed by atoms with Crippen molar-refractivity contribution < 1.29 is 4.79 Å². The Labute approximate surface area is 164 Å². The maximum atomic E-state index is 14.5. The number of hydrogen-bond donors (Lipinski definition) is 0. The first-order chi connectivity index (χ1) is 13.9. The summed E-state index contributed by atoms with van der Waals surface area (Å²) >= 11 is 0. The van der Waals surface area contributed by atoms with E-state index in [0.717, 1.165) is 112 Å². The monoisotopic (exact) mass is 364 g/mol. The van der Waals surface area contributed by atoms with Crippen molar-refractivity contribution in [3.05, 3.63) is 35.9 Å². The quantitative estimate of drug-likeness (QED) is 0.731. The third-order valence-electron chi connectivity index (χ3n) is 14.9. The van der Waals surface area contributed by atoms with E-state index >= 15 is 0 Å². The zero-order valence-corrected chi connectivity index (χ0v) is 15.8. The van der Waals surface area contributed by atoms with Crippen molar-refractivity contribution in [2.75, 3.05) is 0 Å². The first-order valence-electron chi connectivity index (χ1n) is 12.5. The molecule has 0 aromatic heterocycles. The van der Waals surface area contributed by atoms with Gasteiger partial charge in [0, 0.05) is 11.0 Å². The zero-order chi connectivity index (χ0) is 17.2. The molecule has 1 nitrogen and oxygen atoms in total. The predicted octanol–water partition coefficient (Wildman–Crippen LogP) is 3.71. The van der Waals surface area contributed by atoms with Crippen LogP contribution in [-0.2, 0) is 0 Å². The Morgan fingerprint density at radius 2 is 0.821 bits per heavy atom. The van der Waals surface area contributed by atoms with Crippen molar-refractivity contribution in [2.45, 2.75) is 0 Å². The number of ketones is 1. The van der Waals surface area contributed by atoms with Gasteiger partial charge in [0.1, 0.15) is 0 Å². The van der Waals surface area contributed by atoms with Gasteiger partial charge in [-0.15, -0.1) is 0 Å². The van der Waals surface area contributed by atoms with Crippen LogP contribution in [0.2, 0.25) is 0 Å². The molecular weight excluding hydrogens is 340 g/mol. The fourth-order valence-electron chi connectivity index (χ4n) is 16.8. The maximum absolute atomic E-state index is 14.5. The van der Waals surface area contributed by atoms with Gasteiger partial charge in [-0.25, -0.2) is 0 Å². The summed E-state index contributed by atoms with van der Waals surface area (Å²) in [4.78, 5) is 14.5. The van der Waals surface area contributed by atoms with Gasteiger partial charge in [0.05, 0.1) is 0 Å². The Morgan fingerprint density at radius 3 is 1.18 bits per heavy atom. The Hall–Kier alpha value is -1.11. The molecule has 1 heteroatoms. The van der Waals surface area contributed by atoms with Crippen LogP contribution in [0.5, 0.6) is 0 Å². The van der Waals surface area contributed by atoms with Crippen LogP contribution in [-0.4, -0.2) is 5.78 Å². The van der Waals surface area contributed by atoms with Gasteiger partial charge in [-0.3, -0.25) is 4.79 Å². The van der Waals surface area contributed by atoms with Gasteiger partial charge < -0.3 is 0 Å². The predicted molar refractivity (Wildman–Crippen MR) is 99.5 cm³/mol. The van der Waals surface area contributed by atoms with Crippen LogP contribution in [0, 0.1) is 118 Å². The molecule has 0 heterocycles. The van der Waals surface area contributed by atoms with Gasteiger partial charge in [-0.05, 0) is 112 Å². The van der Waals surface area contributed by atoms with E-state index in [9.17, 15) is 4.79 Å². The topological polar surface area (TPSA) is 17.1 Å². The highest BCUT2D eigenvalue weighted by Gasteiger charge is 3.02. The maximum Gasteiger partial charge on any atom is 0.169 e. The molecule has 12 saturated carbocycles. The van der Waals surface area contributed by atoms with E-state index in [1.807, 2.05) is 0 Å². The minimum atomic E-state index is 0.124. The molecule has 20 atom stereocenters. The van der Waals surface area contributed by atoms with E-state index in [2.05, 4.69) is 30.3 Å². The summed E-state index contributed by atoms with van der Waals surface area (Å²) in [5, 5.41) is 0. The summed E-state index contributed by atoms with van der Waals surface area (Å²) in [6.07, 6.45) is 0. The second-order valence-electron chi connectivity index (χ2n) is 13.4. The minimum Gasteiger partial charge on any atom is -0.294 e. The third-order valence-corrected chi connectivity index (χ3v) is 14.9. The molecule has 0 radical (unpaired) electrons. The lowest BCUT2D eigenvalue weighted by Gasteiger charge is -2.38. The van der Waals surface area contributed by atoms with Crippen molar-refractivity contribution in [1.82, 2.24) is 0 Å². The number of rotatable bonds is 2. The lowest BCUT2D eigenvalue weighted by Crippen LogP contribution is -2.43. The second kappa shape index (κ2) is 3.02. The molecule has 1 aromatic rings. The highest BCUT2D eigenvalue weighted by molar-refractivity contribution is 6.02. The van der Waals surface area contributed by atoms with Gasteiger partial charge in [0.25, 0.3) is 0 Å². The van der Waals surface area contributed by atoms with Gasteiger partial charge in [0.15, 0.2) is 5.78 Å². The average molecular weight is 364 g/mol. The van der Waals surface area contributed by atoms with Crippen LogP contribution in [0.3, 0.4) is 0 Å². The van der Waals surface area contributed by atoms with Gasteiger partial charge >= 0.3 is 0 Å². The van der Waals surface area contributed by atoms with E-state index < -0.39 is 0 Å². The van der Waals surface area contributed by atoms with Crippen molar-refractivity contribution >= 4 is 5.78 Å². The Morgan fingerprint density at radius 1 is 0.500 bits per heavy atom. The first kappa shape index (κ1) is 12.6. The number of benzene rings is 1. The molecule has 12 aliphatic carbocycles. The second-order valence-corrected chi connectivity index (χ2v) is 13.4. The van der Waals surface area contributed by atoms with Gasteiger partial charge in [-0.2, -0.15) is 0 Å². The van der Waals surface area contributed by atoms with Gasteiger partial charge in [-0.1, -0.05) is 30.3 Å². The van der Waals surface area contributed by atoms with Crippen molar-refractivity contribution in [1.29, 1.82) is 0 Å². The number of hydrogen-bond acceptors (Lipinski definition) is 1. The van der Waals surface area contributed by atoms with Crippen molar-refractivity contribution in [3.8, 4) is 0 Å². The number of carbonyl (C=O) groups excluding carboxylic acids is 1. The summed E-state index contributed by atoms with van der Waals surface area (Å²) in [7, 11) is 0. The minimum absolute atomic E-state index is 0.124. The Kier molecular flexibility index (Phi) is 1.35. The average Bonchev–Trinajstić information content (AvgIpc) is 3.45. The molecule has 0 aliphatic heterocycles. The van der Waals surface area contributed by atoms with Crippen molar-refractivity contribution in [3.63, 3.8) is 0 Å². The van der Waals surface area contributed by atoms with Crippen LogP contribution in [0.15, 0.2) is 30.3 Å². The molecule has 28 heavy (non-hydrogen) atoms. The molecule has 0 spiro atoms. The van der Waals surface area contributed by atoms with E-state index in [4.69, 9.17) is 0 Å². The largest absolute Gasteiger partial charge is 0.294 e. The van der Waals surface area contributed by atoms with Crippen molar-refractivity contribution in [2.24, 2.45) is 118 Å². The fourth-order valence-corrected chi connectivity index (χ4v) is 16.8. The Balaban J connectivity index is 1.26. The highest BCUT2D eigenvalue weighted by Crippen LogP contribution is 3.04. The Bertz CT molecular complexity index is 959. The summed E-state index contributed by atoms with van der Waals surface area (Å²) < 4.78 is 0. The van der Waals surface area contributed by atoms with Gasteiger partial charge in [0.2, 0.25) is 0 Å². The van der Waals surface area contributed by atoms with E-state index in [-0.39, 0.29) is 5.41 Å². The summed E-state index contributed by atoms with van der Waals surface area (Å²) in [6, 6.07) is 10.7. The normalized spacial score (nSPS) is 82.9. The lowest BCUT2D eigenvalue weighted by molar-refractivity contribution is 0.0494. The molecule has 8 unspecified atom stereocenters. The SMILES string of the molecule is O=C(c1ccccc1)C12C3[C@@H]4[C@@H]5C6C7C8[C@@H]9[C@@H]6[C@@H]4C1[C@H]9[C@H]1C2[C@H]2[C@@H](C7[C@@H]5[C@@H]32)[C@H]81. The van der Waals surface area contributed by atoms with E-state index in [0.29, 0.717) is 5.78 Å². The molecular formula is C27H24O. The van der Waals surface area contributed by atoms with Crippen LogP contribution in [0.25, 0.3) is 0 Å². The zero-order valence-electron chi connectivity index (χ0n) is 15.8. The summed E-state index contributed by atoms with van der Waals surface area (Å²) in [5.41, 5.74) is 1.21. The van der Waals surface area contributed by atoms with Crippen LogP contribution >= 0.6 is 0 Å². The third kappa shape index (κ3) is 0.696. The number of Topliss-reactive ketones (excluding diaryl/α,β-unsaturated/α-hetero) is 1. The van der Waals surface area contributed by atoms with Crippen LogP contribution in [0.1, 0.15) is 10.4 Å². The molecule has 138 valence electrons. The molecule has 0 N–H and O–H groups in total. The fraction of sp³-hybridized carbons (Fsp3) is 0.741. The first-order valence-corrected chi connectivity index (χ1v) is 12.5. The molecule has 1 aromatic carbocycles. The molecule has 0 bridgehead atoms. The molecule has 12 fully saturated rings. The highest BCUT2D eigenvalue weighted by atomic mass is 16.1. The summed E-state index contributed by atoms with van der Waals surface area (Å²) in [5.74, 6) is 20.5.